The van der Waals surface area contributed by atoms with E-state index < -0.39 is 42.1 Å². The van der Waals surface area contributed by atoms with Crippen LogP contribution in [0.5, 0.6) is 11.5 Å². The summed E-state index contributed by atoms with van der Waals surface area (Å²) in [6, 6.07) is 11.4. The summed E-state index contributed by atoms with van der Waals surface area (Å²) in [5, 5.41) is 47.0. The fraction of sp³-hybridized carbons (Fsp3) is 0.407. The average Bonchev–Trinajstić information content (AvgIpc) is 2.88. The van der Waals surface area contributed by atoms with Crippen molar-refractivity contribution in [2.75, 3.05) is 0 Å². The largest absolute Gasteiger partial charge is 0.491 e. The molecule has 0 aliphatic carbocycles. The highest BCUT2D eigenvalue weighted by molar-refractivity contribution is 5.91. The molecular formula is C27H37N7O9. The number of aliphatic hydroxyl groups is 1. The van der Waals surface area contributed by atoms with Crippen LogP contribution in [0.15, 0.2) is 53.6 Å². The van der Waals surface area contributed by atoms with Gasteiger partial charge in [0.15, 0.2) is 5.60 Å². The summed E-state index contributed by atoms with van der Waals surface area (Å²) in [4.78, 5) is 35.3. The Bertz CT molecular complexity index is 1300. The molecule has 0 aromatic heterocycles. The third-order valence-corrected chi connectivity index (χ3v) is 6.07. The van der Waals surface area contributed by atoms with Gasteiger partial charge in [-0.3, -0.25) is 20.3 Å². The molecule has 1 saturated heterocycles. The Morgan fingerprint density at radius 1 is 0.953 bits per heavy atom. The summed E-state index contributed by atoms with van der Waals surface area (Å²) in [5.41, 5.74) is 12.8. The van der Waals surface area contributed by atoms with Crippen LogP contribution in [0.4, 0.5) is 0 Å². The number of carboxylic acids is 3. The van der Waals surface area contributed by atoms with Gasteiger partial charge in [0, 0.05) is 0 Å². The maximum Gasteiger partial charge on any atom is 0.338 e. The molecule has 1 aliphatic heterocycles. The number of benzene rings is 2. The molecule has 1 fully saturated rings. The lowest BCUT2D eigenvalue weighted by Crippen LogP contribution is -2.69. The molecule has 16 nitrogen and oxygen atoms in total. The Kier molecular flexibility index (Phi) is 10.7. The zero-order chi connectivity index (χ0) is 31.9. The van der Waals surface area contributed by atoms with Gasteiger partial charge in [0.25, 0.3) is 0 Å². The van der Waals surface area contributed by atoms with E-state index in [0.29, 0.717) is 11.3 Å². The lowest BCUT2D eigenvalue weighted by Gasteiger charge is -2.41. The standard InChI is InChI=1S/C27H37N7O9/c1-14(2)42-18-9-5-16(6-10-18)22(29-21(24(37)38)27(41,25(39)40)13-20(35)36)30-31-26(28)34-32-23(33-34)17-7-11-19(12-8-17)43-15(3)4/h5-12,14-15,21-23,29-30,32-33,41H,13H2,1-4H3,(H2,28,31)(H,35,36)(H,37,38)(H,39,40). The smallest absolute Gasteiger partial charge is 0.338 e. The Morgan fingerprint density at radius 3 is 1.91 bits per heavy atom. The molecule has 0 bridgehead atoms. The highest BCUT2D eigenvalue weighted by atomic mass is 16.5. The lowest BCUT2D eigenvalue weighted by molar-refractivity contribution is -0.175. The summed E-state index contributed by atoms with van der Waals surface area (Å²) in [7, 11) is 0. The van der Waals surface area contributed by atoms with Gasteiger partial charge < -0.3 is 35.6 Å². The molecule has 2 aromatic rings. The van der Waals surface area contributed by atoms with Crippen molar-refractivity contribution in [1.29, 1.82) is 0 Å². The molecule has 3 unspecified atom stereocenters. The zero-order valence-corrected chi connectivity index (χ0v) is 24.0. The van der Waals surface area contributed by atoms with Crippen LogP contribution in [-0.2, 0) is 14.4 Å². The van der Waals surface area contributed by atoms with Gasteiger partial charge in [0.2, 0.25) is 5.96 Å². The summed E-state index contributed by atoms with van der Waals surface area (Å²) >= 11 is 0. The number of rotatable bonds is 15. The number of ether oxygens (including phenoxy) is 2. The molecule has 0 spiro atoms. The third-order valence-electron chi connectivity index (χ3n) is 6.07. The number of nitrogens with one attached hydrogen (secondary N) is 4. The fourth-order valence-corrected chi connectivity index (χ4v) is 4.06. The van der Waals surface area contributed by atoms with Crippen LogP contribution in [0, 0.1) is 0 Å². The fourth-order valence-electron chi connectivity index (χ4n) is 4.06. The Labute approximate surface area is 247 Å². The maximum absolute atomic E-state index is 12.1. The van der Waals surface area contributed by atoms with E-state index in [1.807, 2.05) is 52.0 Å². The minimum absolute atomic E-state index is 0.0373. The van der Waals surface area contributed by atoms with Crippen LogP contribution < -0.4 is 36.8 Å². The van der Waals surface area contributed by atoms with E-state index in [9.17, 15) is 29.7 Å². The highest BCUT2D eigenvalue weighted by Crippen LogP contribution is 2.24. The average molecular weight is 604 g/mol. The van der Waals surface area contributed by atoms with Crippen LogP contribution in [0.1, 0.15) is 57.6 Å². The molecule has 1 heterocycles. The number of nitrogens with two attached hydrogens (primary N) is 1. The summed E-state index contributed by atoms with van der Waals surface area (Å²) < 4.78 is 11.3. The Morgan fingerprint density at radius 2 is 1.47 bits per heavy atom. The molecule has 1 aliphatic rings. The monoisotopic (exact) mass is 603 g/mol. The van der Waals surface area contributed by atoms with Crippen molar-refractivity contribution in [3.8, 4) is 11.5 Å². The number of hydrazone groups is 1. The Hall–Kier alpha value is -4.64. The van der Waals surface area contributed by atoms with Crippen molar-refractivity contribution < 1.29 is 44.3 Å². The molecule has 3 rings (SSSR count). The molecule has 2 aromatic carbocycles. The van der Waals surface area contributed by atoms with Gasteiger partial charge in [0.1, 0.15) is 29.9 Å². The van der Waals surface area contributed by atoms with Crippen LogP contribution in [-0.4, -0.2) is 73.3 Å². The number of hydrogen-bond acceptors (Lipinski definition) is 11. The third kappa shape index (κ3) is 8.68. The number of nitrogens with zero attached hydrogens (tertiary/aromatic N) is 2. The van der Waals surface area contributed by atoms with E-state index >= 15 is 0 Å². The molecule has 0 saturated carbocycles. The van der Waals surface area contributed by atoms with Crippen molar-refractivity contribution >= 4 is 23.9 Å². The first-order valence-electron chi connectivity index (χ1n) is 13.3. The van der Waals surface area contributed by atoms with Crippen molar-refractivity contribution in [1.82, 2.24) is 26.7 Å². The van der Waals surface area contributed by atoms with E-state index in [0.717, 1.165) is 11.3 Å². The summed E-state index contributed by atoms with van der Waals surface area (Å²) in [6.45, 7) is 7.53. The zero-order valence-electron chi connectivity index (χ0n) is 24.0. The van der Waals surface area contributed by atoms with E-state index in [-0.39, 0.29) is 24.3 Å². The van der Waals surface area contributed by atoms with Crippen molar-refractivity contribution in [2.24, 2.45) is 10.8 Å². The van der Waals surface area contributed by atoms with Gasteiger partial charge in [-0.05, 0) is 63.1 Å². The van der Waals surface area contributed by atoms with Crippen molar-refractivity contribution in [2.45, 2.75) is 70.3 Å². The summed E-state index contributed by atoms with van der Waals surface area (Å²) in [5.74, 6) is -4.47. The molecule has 0 radical (unpaired) electrons. The Balaban J connectivity index is 1.80. The molecule has 234 valence electrons. The lowest BCUT2D eigenvalue weighted by atomic mass is 9.90. The van der Waals surface area contributed by atoms with Crippen LogP contribution in [0.3, 0.4) is 0 Å². The topological polar surface area (TPSA) is 240 Å². The first-order valence-corrected chi connectivity index (χ1v) is 13.3. The van der Waals surface area contributed by atoms with Crippen molar-refractivity contribution in [3.05, 3.63) is 59.7 Å². The molecule has 0 amide bonds. The van der Waals surface area contributed by atoms with Gasteiger partial charge in [-0.2, -0.15) is 10.9 Å². The van der Waals surface area contributed by atoms with Crippen LogP contribution in [0.25, 0.3) is 0 Å². The SMILES string of the molecule is CC(C)Oc1ccc(C(NN=C(N)N2NC(c3ccc(OC(C)C)cc3)N2)NC(C(=O)O)C(O)(CC(=O)O)C(=O)O)cc1. The molecule has 10 N–H and O–H groups in total. The molecular weight excluding hydrogens is 566 g/mol. The summed E-state index contributed by atoms with van der Waals surface area (Å²) in [6.07, 6.45) is -3.04. The molecule has 16 heteroatoms. The van der Waals surface area contributed by atoms with E-state index in [4.69, 9.17) is 20.3 Å². The first kappa shape index (κ1) is 32.9. The number of carboxylic acid groups (broad SMARTS) is 3. The first-order chi connectivity index (χ1) is 20.2. The van der Waals surface area contributed by atoms with Crippen LogP contribution >= 0.6 is 0 Å². The minimum Gasteiger partial charge on any atom is -0.491 e. The predicted octanol–water partition coefficient (Wildman–Crippen LogP) is 0.436. The maximum atomic E-state index is 12.1. The number of hydrogen-bond donors (Lipinski definition) is 9. The van der Waals surface area contributed by atoms with Gasteiger partial charge in [0.05, 0.1) is 18.6 Å². The van der Waals surface area contributed by atoms with E-state index in [1.165, 1.54) is 5.12 Å². The second-order valence-corrected chi connectivity index (χ2v) is 10.3. The van der Waals surface area contributed by atoms with Crippen molar-refractivity contribution in [3.63, 3.8) is 0 Å². The second kappa shape index (κ2) is 14.0. The van der Waals surface area contributed by atoms with Gasteiger partial charge in [-0.15, -0.1) is 5.10 Å². The molecule has 3 atom stereocenters. The molecule has 43 heavy (non-hydrogen) atoms. The van der Waals surface area contributed by atoms with E-state index in [1.54, 1.807) is 24.3 Å². The number of hydrazine groups is 2. The number of carbonyl (C=O) groups is 3. The number of guanidine groups is 1. The van der Waals surface area contributed by atoms with Gasteiger partial charge in [-0.25, -0.2) is 9.91 Å². The van der Waals surface area contributed by atoms with Gasteiger partial charge in [-0.1, -0.05) is 24.3 Å². The number of aliphatic carboxylic acids is 3. The van der Waals surface area contributed by atoms with Crippen LogP contribution in [0.2, 0.25) is 0 Å². The minimum atomic E-state index is -3.21. The normalized spacial score (nSPS) is 16.6. The quantitative estimate of drug-likeness (QED) is 0.0580. The van der Waals surface area contributed by atoms with Gasteiger partial charge >= 0.3 is 17.9 Å². The van der Waals surface area contributed by atoms with E-state index in [2.05, 4.69) is 26.7 Å². The second-order valence-electron chi connectivity index (χ2n) is 10.3. The predicted molar refractivity (Wildman–Crippen MR) is 152 cm³/mol. The highest BCUT2D eigenvalue weighted by Gasteiger charge is 2.51.